The van der Waals surface area contributed by atoms with E-state index in [0.29, 0.717) is 12.0 Å². The van der Waals surface area contributed by atoms with Crippen molar-refractivity contribution in [3.8, 4) is 0 Å². The number of nitrogens with zero attached hydrogens (tertiary/aromatic N) is 1. The predicted octanol–water partition coefficient (Wildman–Crippen LogP) is 2.65. The Morgan fingerprint density at radius 1 is 1.43 bits per heavy atom. The van der Waals surface area contributed by atoms with Crippen molar-refractivity contribution >= 4 is 6.09 Å². The van der Waals surface area contributed by atoms with Gasteiger partial charge in [0.15, 0.2) is 0 Å². The van der Waals surface area contributed by atoms with E-state index in [-0.39, 0.29) is 6.09 Å². The molecule has 0 aromatic rings. The van der Waals surface area contributed by atoms with Gasteiger partial charge in [0.25, 0.3) is 0 Å². The standard InChI is InChI=1S/C16H32N2O3/c1-6-20-12-13(2)17-10-14-8-7-9-18(11-14)15(19)21-16(3,4)5/h13-14,17H,6-12H2,1-5H3. The van der Waals surface area contributed by atoms with Crippen LogP contribution in [-0.2, 0) is 9.47 Å². The molecule has 0 spiro atoms. The van der Waals surface area contributed by atoms with Crippen molar-refractivity contribution < 1.29 is 14.3 Å². The number of hydrogen-bond acceptors (Lipinski definition) is 4. The maximum absolute atomic E-state index is 12.1. The number of amides is 1. The summed E-state index contributed by atoms with van der Waals surface area (Å²) in [6.45, 7) is 13.9. The normalized spacial score (nSPS) is 21.2. The largest absolute Gasteiger partial charge is 0.444 e. The maximum atomic E-state index is 12.1. The first-order valence-electron chi connectivity index (χ1n) is 8.11. The van der Waals surface area contributed by atoms with Crippen molar-refractivity contribution in [2.24, 2.45) is 5.92 Å². The number of hydrogen-bond donors (Lipinski definition) is 1. The molecular formula is C16H32N2O3. The van der Waals surface area contributed by atoms with E-state index in [1.54, 1.807) is 0 Å². The number of nitrogens with one attached hydrogen (secondary N) is 1. The molecule has 2 atom stereocenters. The molecule has 1 saturated heterocycles. The first-order valence-corrected chi connectivity index (χ1v) is 8.11. The van der Waals surface area contributed by atoms with Gasteiger partial charge in [0, 0.05) is 25.7 Å². The fraction of sp³-hybridized carbons (Fsp3) is 0.938. The summed E-state index contributed by atoms with van der Waals surface area (Å²) in [5, 5.41) is 3.49. The highest BCUT2D eigenvalue weighted by Gasteiger charge is 2.27. The first kappa shape index (κ1) is 18.2. The van der Waals surface area contributed by atoms with Gasteiger partial charge in [0.05, 0.1) is 6.61 Å². The monoisotopic (exact) mass is 300 g/mol. The van der Waals surface area contributed by atoms with Crippen molar-refractivity contribution in [2.75, 3.05) is 32.8 Å². The number of rotatable bonds is 6. The minimum atomic E-state index is -0.422. The molecule has 1 heterocycles. The lowest BCUT2D eigenvalue weighted by atomic mass is 9.98. The highest BCUT2D eigenvalue weighted by Crippen LogP contribution is 2.19. The number of piperidine rings is 1. The van der Waals surface area contributed by atoms with Gasteiger partial charge in [-0.3, -0.25) is 0 Å². The number of likely N-dealkylation sites (tertiary alicyclic amines) is 1. The molecule has 1 amide bonds. The smallest absolute Gasteiger partial charge is 0.410 e. The molecular weight excluding hydrogens is 268 g/mol. The molecule has 0 radical (unpaired) electrons. The van der Waals surface area contributed by atoms with Crippen LogP contribution in [0.2, 0.25) is 0 Å². The predicted molar refractivity (Wildman–Crippen MR) is 84.5 cm³/mol. The lowest BCUT2D eigenvalue weighted by Gasteiger charge is -2.34. The second-order valence-corrected chi connectivity index (χ2v) is 6.90. The molecule has 1 fully saturated rings. The van der Waals surface area contributed by atoms with Crippen LogP contribution in [-0.4, -0.2) is 55.5 Å². The van der Waals surface area contributed by atoms with Crippen molar-refractivity contribution in [1.29, 1.82) is 0 Å². The van der Waals surface area contributed by atoms with Gasteiger partial charge in [-0.1, -0.05) is 0 Å². The second-order valence-electron chi connectivity index (χ2n) is 6.90. The van der Waals surface area contributed by atoms with Crippen LogP contribution in [0, 0.1) is 5.92 Å². The zero-order valence-corrected chi connectivity index (χ0v) is 14.3. The molecule has 0 bridgehead atoms. The third-order valence-electron chi connectivity index (χ3n) is 3.50. The van der Waals surface area contributed by atoms with Crippen LogP contribution < -0.4 is 5.32 Å². The van der Waals surface area contributed by atoms with Crippen LogP contribution >= 0.6 is 0 Å². The second kappa shape index (κ2) is 8.59. The molecule has 0 aromatic carbocycles. The maximum Gasteiger partial charge on any atom is 0.410 e. The lowest BCUT2D eigenvalue weighted by Crippen LogP contribution is -2.46. The Kier molecular flexibility index (Phi) is 7.46. The molecule has 0 aliphatic carbocycles. The molecule has 21 heavy (non-hydrogen) atoms. The third kappa shape index (κ3) is 7.67. The van der Waals surface area contributed by atoms with Gasteiger partial charge < -0.3 is 19.7 Å². The van der Waals surface area contributed by atoms with Crippen LogP contribution in [0.25, 0.3) is 0 Å². The molecule has 2 unspecified atom stereocenters. The van der Waals surface area contributed by atoms with Crippen LogP contribution in [0.4, 0.5) is 4.79 Å². The van der Waals surface area contributed by atoms with Crippen LogP contribution in [0.5, 0.6) is 0 Å². The summed E-state index contributed by atoms with van der Waals surface area (Å²) in [4.78, 5) is 13.9. The fourth-order valence-electron chi connectivity index (χ4n) is 2.45. The minimum Gasteiger partial charge on any atom is -0.444 e. The summed E-state index contributed by atoms with van der Waals surface area (Å²) >= 11 is 0. The Hall–Kier alpha value is -0.810. The summed E-state index contributed by atoms with van der Waals surface area (Å²) in [5.41, 5.74) is -0.422. The molecule has 0 saturated carbocycles. The average molecular weight is 300 g/mol. The Labute approximate surface area is 129 Å². The SMILES string of the molecule is CCOCC(C)NCC1CCCN(C(=O)OC(C)(C)C)C1. The topological polar surface area (TPSA) is 50.8 Å². The third-order valence-corrected chi connectivity index (χ3v) is 3.50. The number of ether oxygens (including phenoxy) is 2. The average Bonchev–Trinajstić information content (AvgIpc) is 2.41. The molecule has 1 rings (SSSR count). The van der Waals surface area contributed by atoms with Crippen LogP contribution in [0.15, 0.2) is 0 Å². The summed E-state index contributed by atoms with van der Waals surface area (Å²) in [5.74, 6) is 0.496. The zero-order valence-electron chi connectivity index (χ0n) is 14.3. The van der Waals surface area contributed by atoms with Crippen LogP contribution in [0.3, 0.4) is 0 Å². The Morgan fingerprint density at radius 3 is 2.76 bits per heavy atom. The summed E-state index contributed by atoms with van der Waals surface area (Å²) < 4.78 is 10.9. The molecule has 124 valence electrons. The highest BCUT2D eigenvalue weighted by atomic mass is 16.6. The van der Waals surface area contributed by atoms with E-state index in [1.807, 2.05) is 32.6 Å². The van der Waals surface area contributed by atoms with Gasteiger partial charge in [-0.25, -0.2) is 4.79 Å². The van der Waals surface area contributed by atoms with E-state index in [1.165, 1.54) is 0 Å². The molecule has 5 heteroatoms. The zero-order chi connectivity index (χ0) is 15.9. The quantitative estimate of drug-likeness (QED) is 0.819. The molecule has 1 aliphatic rings. The number of carbonyl (C=O) groups excluding carboxylic acids is 1. The van der Waals surface area contributed by atoms with Crippen LogP contribution in [0.1, 0.15) is 47.5 Å². The summed E-state index contributed by atoms with van der Waals surface area (Å²) in [6, 6.07) is 0.349. The van der Waals surface area contributed by atoms with Gasteiger partial charge in [0.2, 0.25) is 0 Å². The Balaban J connectivity index is 2.33. The van der Waals surface area contributed by atoms with Gasteiger partial charge >= 0.3 is 6.09 Å². The molecule has 5 nitrogen and oxygen atoms in total. The van der Waals surface area contributed by atoms with Gasteiger partial charge in [-0.05, 0) is 59.9 Å². The number of carbonyl (C=O) groups is 1. The van der Waals surface area contributed by atoms with E-state index in [0.717, 1.165) is 45.7 Å². The summed E-state index contributed by atoms with van der Waals surface area (Å²) in [7, 11) is 0. The van der Waals surface area contributed by atoms with Gasteiger partial charge in [-0.15, -0.1) is 0 Å². The first-order chi connectivity index (χ1) is 9.81. The Bertz CT molecular complexity index is 315. The lowest BCUT2D eigenvalue weighted by molar-refractivity contribution is 0.0163. The van der Waals surface area contributed by atoms with Crippen molar-refractivity contribution in [3.05, 3.63) is 0 Å². The van der Waals surface area contributed by atoms with E-state index in [4.69, 9.17) is 9.47 Å². The van der Waals surface area contributed by atoms with Crippen molar-refractivity contribution in [2.45, 2.75) is 59.1 Å². The molecule has 1 N–H and O–H groups in total. The van der Waals surface area contributed by atoms with E-state index < -0.39 is 5.60 Å². The molecule has 1 aliphatic heterocycles. The summed E-state index contributed by atoms with van der Waals surface area (Å²) in [6.07, 6.45) is 2.02. The van der Waals surface area contributed by atoms with E-state index in [9.17, 15) is 4.79 Å². The highest BCUT2D eigenvalue weighted by molar-refractivity contribution is 5.68. The van der Waals surface area contributed by atoms with Crippen molar-refractivity contribution in [1.82, 2.24) is 10.2 Å². The van der Waals surface area contributed by atoms with E-state index in [2.05, 4.69) is 12.2 Å². The fourth-order valence-corrected chi connectivity index (χ4v) is 2.45. The van der Waals surface area contributed by atoms with Gasteiger partial charge in [-0.2, -0.15) is 0 Å². The van der Waals surface area contributed by atoms with Gasteiger partial charge in [0.1, 0.15) is 5.60 Å². The molecule has 0 aromatic heterocycles. The minimum absolute atomic E-state index is 0.186. The van der Waals surface area contributed by atoms with E-state index >= 15 is 0 Å². The Morgan fingerprint density at radius 2 is 2.14 bits per heavy atom. The van der Waals surface area contributed by atoms with Crippen molar-refractivity contribution in [3.63, 3.8) is 0 Å².